The molecule has 1 fully saturated rings. The summed E-state index contributed by atoms with van der Waals surface area (Å²) in [5.74, 6) is 7.15. The highest BCUT2D eigenvalue weighted by atomic mass is 32.2. The van der Waals surface area contributed by atoms with Gasteiger partial charge in [0.05, 0.1) is 5.25 Å². The molecular formula is C22H27N5OS. The molecule has 0 radical (unpaired) electrons. The Kier molecular flexibility index (Phi) is 6.04. The number of likely N-dealkylation sites (tertiary alicyclic amines) is 1. The summed E-state index contributed by atoms with van der Waals surface area (Å²) in [5.41, 5.74) is 1.16. The van der Waals surface area contributed by atoms with E-state index in [1.165, 1.54) is 40.1 Å². The third-order valence-corrected chi connectivity index (χ3v) is 6.56. The molecule has 6 nitrogen and oxygen atoms in total. The standard InChI is InChI=1S/C22H27N5OS/c1-16(21(28)26-13-6-2-3-7-14-26)29-22-25-24-20(27(22)23)15-18-11-8-10-17-9-4-5-12-19(17)18/h4-5,8-12,16H,2-3,6-7,13-15,23H2,1H3/t16-/m0/s1. The van der Waals surface area contributed by atoms with E-state index in [1.54, 1.807) is 0 Å². The van der Waals surface area contributed by atoms with Gasteiger partial charge in [-0.3, -0.25) is 4.79 Å². The highest BCUT2D eigenvalue weighted by Crippen LogP contribution is 2.25. The molecule has 1 amide bonds. The van der Waals surface area contributed by atoms with Crippen molar-refractivity contribution >= 4 is 28.4 Å². The van der Waals surface area contributed by atoms with Gasteiger partial charge in [-0.25, -0.2) is 4.68 Å². The zero-order valence-corrected chi connectivity index (χ0v) is 17.6. The molecule has 1 saturated heterocycles. The topological polar surface area (TPSA) is 77.0 Å². The first kappa shape index (κ1) is 19.8. The summed E-state index contributed by atoms with van der Waals surface area (Å²) < 4.78 is 1.53. The first-order valence-electron chi connectivity index (χ1n) is 10.2. The number of carbonyl (C=O) groups excluding carboxylic acids is 1. The van der Waals surface area contributed by atoms with Crippen molar-refractivity contribution in [1.29, 1.82) is 0 Å². The maximum atomic E-state index is 12.8. The van der Waals surface area contributed by atoms with Crippen LogP contribution in [-0.2, 0) is 11.2 Å². The van der Waals surface area contributed by atoms with Gasteiger partial charge in [0.1, 0.15) is 0 Å². The predicted octanol–water partition coefficient (Wildman–Crippen LogP) is 3.62. The smallest absolute Gasteiger partial charge is 0.235 e. The number of thioether (sulfide) groups is 1. The Bertz CT molecular complexity index is 989. The molecule has 1 aliphatic heterocycles. The predicted molar refractivity (Wildman–Crippen MR) is 117 cm³/mol. The van der Waals surface area contributed by atoms with Gasteiger partial charge in [0.2, 0.25) is 11.1 Å². The largest absolute Gasteiger partial charge is 0.342 e. The van der Waals surface area contributed by atoms with E-state index in [2.05, 4.69) is 34.5 Å². The van der Waals surface area contributed by atoms with Gasteiger partial charge in [-0.05, 0) is 36.1 Å². The summed E-state index contributed by atoms with van der Waals surface area (Å²) >= 11 is 1.39. The van der Waals surface area contributed by atoms with E-state index in [0.29, 0.717) is 17.4 Å². The molecule has 1 aliphatic rings. The van der Waals surface area contributed by atoms with Gasteiger partial charge in [0.25, 0.3) is 0 Å². The number of carbonyl (C=O) groups is 1. The minimum absolute atomic E-state index is 0.163. The van der Waals surface area contributed by atoms with Crippen molar-refractivity contribution in [3.8, 4) is 0 Å². The van der Waals surface area contributed by atoms with Crippen LogP contribution in [0.3, 0.4) is 0 Å². The first-order chi connectivity index (χ1) is 14.1. The summed E-state index contributed by atoms with van der Waals surface area (Å²) in [6.07, 6.45) is 5.19. The summed E-state index contributed by atoms with van der Waals surface area (Å²) in [5, 5.41) is 11.3. The van der Waals surface area contributed by atoms with E-state index in [0.717, 1.165) is 31.5 Å². The van der Waals surface area contributed by atoms with Gasteiger partial charge in [0, 0.05) is 19.5 Å². The van der Waals surface area contributed by atoms with Crippen LogP contribution in [0.5, 0.6) is 0 Å². The van der Waals surface area contributed by atoms with E-state index in [9.17, 15) is 4.79 Å². The SMILES string of the molecule is C[C@H](Sc1nnc(Cc2cccc3ccccc23)n1N)C(=O)N1CCCCCC1. The number of aromatic nitrogens is 3. The van der Waals surface area contributed by atoms with E-state index < -0.39 is 0 Å². The normalized spacial score (nSPS) is 16.0. The molecule has 0 bridgehead atoms. The third-order valence-electron chi connectivity index (χ3n) is 5.51. The molecule has 2 N–H and O–H groups in total. The molecule has 29 heavy (non-hydrogen) atoms. The highest BCUT2D eigenvalue weighted by Gasteiger charge is 2.24. The zero-order chi connectivity index (χ0) is 20.2. The summed E-state index contributed by atoms with van der Waals surface area (Å²) in [6, 6.07) is 14.5. The molecule has 2 aromatic carbocycles. The van der Waals surface area contributed by atoms with Crippen LogP contribution < -0.4 is 5.84 Å². The number of nitrogen functional groups attached to an aromatic ring is 1. The summed E-state index contributed by atoms with van der Waals surface area (Å²) in [6.45, 7) is 3.63. The first-order valence-corrected chi connectivity index (χ1v) is 11.1. The Morgan fingerprint density at radius 2 is 1.79 bits per heavy atom. The maximum absolute atomic E-state index is 12.8. The van der Waals surface area contributed by atoms with Crippen molar-refractivity contribution in [1.82, 2.24) is 19.8 Å². The molecule has 0 spiro atoms. The number of benzene rings is 2. The third kappa shape index (κ3) is 4.40. The maximum Gasteiger partial charge on any atom is 0.235 e. The summed E-state index contributed by atoms with van der Waals surface area (Å²) in [7, 11) is 0. The number of hydrogen-bond acceptors (Lipinski definition) is 5. The average Bonchev–Trinajstić information content (AvgIpc) is 2.94. The second-order valence-electron chi connectivity index (χ2n) is 7.58. The molecule has 0 saturated carbocycles. The van der Waals surface area contributed by atoms with Gasteiger partial charge < -0.3 is 10.7 Å². The minimum atomic E-state index is -0.231. The zero-order valence-electron chi connectivity index (χ0n) is 16.8. The molecule has 4 rings (SSSR count). The Morgan fingerprint density at radius 3 is 2.59 bits per heavy atom. The molecule has 3 aromatic rings. The highest BCUT2D eigenvalue weighted by molar-refractivity contribution is 8.00. The van der Waals surface area contributed by atoms with Crippen LogP contribution in [0, 0.1) is 0 Å². The fraction of sp³-hybridized carbons (Fsp3) is 0.409. The second-order valence-corrected chi connectivity index (χ2v) is 8.89. The number of amides is 1. The van der Waals surface area contributed by atoms with Crippen LogP contribution in [0.4, 0.5) is 0 Å². The van der Waals surface area contributed by atoms with Gasteiger partial charge in [-0.15, -0.1) is 10.2 Å². The van der Waals surface area contributed by atoms with Crippen molar-refractivity contribution in [2.24, 2.45) is 0 Å². The van der Waals surface area contributed by atoms with Crippen LogP contribution >= 0.6 is 11.8 Å². The van der Waals surface area contributed by atoms with E-state index >= 15 is 0 Å². The van der Waals surface area contributed by atoms with Gasteiger partial charge >= 0.3 is 0 Å². The van der Waals surface area contributed by atoms with Crippen molar-refractivity contribution in [3.63, 3.8) is 0 Å². The van der Waals surface area contributed by atoms with Crippen molar-refractivity contribution < 1.29 is 4.79 Å². The fourth-order valence-corrected chi connectivity index (χ4v) is 4.75. The van der Waals surface area contributed by atoms with Gasteiger partial charge in [0.15, 0.2) is 5.82 Å². The van der Waals surface area contributed by atoms with E-state index in [1.807, 2.05) is 30.0 Å². The summed E-state index contributed by atoms with van der Waals surface area (Å²) in [4.78, 5) is 14.8. The van der Waals surface area contributed by atoms with Gasteiger partial charge in [-0.2, -0.15) is 0 Å². The molecular weight excluding hydrogens is 382 g/mol. The Labute approximate surface area is 175 Å². The quantitative estimate of drug-likeness (QED) is 0.514. The fourth-order valence-electron chi connectivity index (χ4n) is 3.88. The van der Waals surface area contributed by atoms with Crippen LogP contribution in [0.1, 0.15) is 44.0 Å². The van der Waals surface area contributed by atoms with Crippen molar-refractivity contribution in [2.75, 3.05) is 18.9 Å². The lowest BCUT2D eigenvalue weighted by molar-refractivity contribution is -0.130. The number of nitrogens with two attached hydrogens (primary N) is 1. The number of rotatable bonds is 5. The van der Waals surface area contributed by atoms with E-state index in [4.69, 9.17) is 5.84 Å². The lowest BCUT2D eigenvalue weighted by Crippen LogP contribution is -2.37. The number of hydrogen-bond donors (Lipinski definition) is 1. The van der Waals surface area contributed by atoms with Crippen LogP contribution in [-0.4, -0.2) is 44.0 Å². The monoisotopic (exact) mass is 409 g/mol. The van der Waals surface area contributed by atoms with Crippen LogP contribution in [0.15, 0.2) is 47.6 Å². The lowest BCUT2D eigenvalue weighted by atomic mass is 10.0. The van der Waals surface area contributed by atoms with Crippen LogP contribution in [0.25, 0.3) is 10.8 Å². The number of nitrogens with zero attached hydrogens (tertiary/aromatic N) is 4. The average molecular weight is 410 g/mol. The molecule has 1 aromatic heterocycles. The Hall–Kier alpha value is -2.54. The molecule has 0 unspecified atom stereocenters. The van der Waals surface area contributed by atoms with Crippen molar-refractivity contribution in [3.05, 3.63) is 53.9 Å². The molecule has 0 aliphatic carbocycles. The lowest BCUT2D eigenvalue weighted by Gasteiger charge is -2.23. The van der Waals surface area contributed by atoms with Gasteiger partial charge in [-0.1, -0.05) is 67.1 Å². The molecule has 1 atom stereocenters. The van der Waals surface area contributed by atoms with E-state index in [-0.39, 0.29) is 11.2 Å². The van der Waals surface area contributed by atoms with Crippen LogP contribution in [0.2, 0.25) is 0 Å². The second kappa shape index (κ2) is 8.86. The molecule has 7 heteroatoms. The minimum Gasteiger partial charge on any atom is -0.342 e. The molecule has 152 valence electrons. The Morgan fingerprint density at radius 1 is 1.07 bits per heavy atom. The molecule has 2 heterocycles. The Balaban J connectivity index is 1.47. The number of fused-ring (bicyclic) bond motifs is 1. The van der Waals surface area contributed by atoms with Crippen molar-refractivity contribution in [2.45, 2.75) is 49.4 Å².